The third-order valence-electron chi connectivity index (χ3n) is 5.59. The summed E-state index contributed by atoms with van der Waals surface area (Å²) in [6.45, 7) is 3.72. The van der Waals surface area contributed by atoms with E-state index in [0.717, 1.165) is 39.0 Å². The Morgan fingerprint density at radius 3 is 2.35 bits per heavy atom. The van der Waals surface area contributed by atoms with Crippen molar-refractivity contribution < 1.29 is 9.59 Å². The number of hydrogen-bond donors (Lipinski definition) is 1. The lowest BCUT2D eigenvalue weighted by Crippen LogP contribution is -2.44. The molecule has 4 nitrogen and oxygen atoms in total. The Bertz CT molecular complexity index is 775. The highest BCUT2D eigenvalue weighted by molar-refractivity contribution is 7.12. The monoisotopic (exact) mass is 390 g/mol. The maximum atomic E-state index is 13.1. The number of nitrogens with one attached hydrogen (secondary N) is 1. The molecule has 0 saturated carbocycles. The molecule has 2 saturated heterocycles. The van der Waals surface area contributed by atoms with Gasteiger partial charge in [0.2, 0.25) is 5.78 Å². The van der Waals surface area contributed by atoms with Gasteiger partial charge in [-0.25, -0.2) is 0 Å². The van der Waals surface area contributed by atoms with Crippen LogP contribution in [-0.2, 0) is 0 Å². The van der Waals surface area contributed by atoms with Gasteiger partial charge in [-0.3, -0.25) is 9.59 Å². The van der Waals surface area contributed by atoms with Gasteiger partial charge in [0.25, 0.3) is 5.91 Å². The third-order valence-corrected chi connectivity index (χ3v) is 6.46. The second-order valence-corrected chi connectivity index (χ2v) is 8.02. The molecule has 0 unspecified atom stereocenters. The fraction of sp³-hybridized carbons (Fsp3) is 0.400. The molecule has 0 bridgehead atoms. The van der Waals surface area contributed by atoms with Crippen LogP contribution in [0.25, 0.3) is 0 Å². The van der Waals surface area contributed by atoms with Crippen LogP contribution in [0.3, 0.4) is 0 Å². The number of halogens is 1. The standard InChI is InChI=1S/C20H22N2O2S.ClH/c23-18(17-6-3-13-25-17)15-4-1-2-5-16(15)19(24)22-11-8-20(9-12-22)7-10-21-14-20;/h1-6,13,21H,7-12,14H2;1H. The normalized spacial score (nSPS) is 18.5. The molecular weight excluding hydrogens is 368 g/mol. The Kier molecular flexibility index (Phi) is 5.80. The number of hydrogen-bond acceptors (Lipinski definition) is 4. The molecule has 6 heteroatoms. The number of benzene rings is 1. The highest BCUT2D eigenvalue weighted by Crippen LogP contribution is 2.37. The van der Waals surface area contributed by atoms with Crippen molar-refractivity contribution in [1.29, 1.82) is 0 Å². The van der Waals surface area contributed by atoms with Crippen molar-refractivity contribution >= 4 is 35.4 Å². The van der Waals surface area contributed by atoms with E-state index in [-0.39, 0.29) is 24.1 Å². The first kappa shape index (κ1) is 19.1. The zero-order chi connectivity index (χ0) is 17.3. The zero-order valence-corrected chi connectivity index (χ0v) is 16.2. The van der Waals surface area contributed by atoms with Gasteiger partial charge < -0.3 is 10.2 Å². The first-order valence-corrected chi connectivity index (χ1v) is 9.74. The molecule has 0 aliphatic carbocycles. The predicted molar refractivity (Wildman–Crippen MR) is 106 cm³/mol. The molecule has 1 amide bonds. The smallest absolute Gasteiger partial charge is 0.254 e. The molecule has 26 heavy (non-hydrogen) atoms. The summed E-state index contributed by atoms with van der Waals surface area (Å²) in [4.78, 5) is 28.4. The van der Waals surface area contributed by atoms with Gasteiger partial charge >= 0.3 is 0 Å². The number of carbonyl (C=O) groups is 2. The maximum Gasteiger partial charge on any atom is 0.254 e. The van der Waals surface area contributed by atoms with E-state index in [4.69, 9.17) is 0 Å². The zero-order valence-electron chi connectivity index (χ0n) is 14.6. The number of thiophene rings is 1. The summed E-state index contributed by atoms with van der Waals surface area (Å²) in [5, 5.41) is 5.34. The Morgan fingerprint density at radius 2 is 1.73 bits per heavy atom. The number of rotatable bonds is 3. The predicted octanol–water partition coefficient (Wildman–Crippen LogP) is 3.62. The number of amides is 1. The summed E-state index contributed by atoms with van der Waals surface area (Å²) in [6, 6.07) is 10.9. The fourth-order valence-electron chi connectivity index (χ4n) is 3.98. The lowest BCUT2D eigenvalue weighted by atomic mass is 9.77. The molecule has 2 aliphatic rings. The minimum Gasteiger partial charge on any atom is -0.339 e. The van der Waals surface area contributed by atoms with E-state index < -0.39 is 0 Å². The number of likely N-dealkylation sites (tertiary alicyclic amines) is 1. The summed E-state index contributed by atoms with van der Waals surface area (Å²) >= 11 is 1.41. The quantitative estimate of drug-likeness (QED) is 0.814. The minimum atomic E-state index is -0.0626. The molecule has 0 atom stereocenters. The first-order chi connectivity index (χ1) is 12.2. The van der Waals surface area contributed by atoms with Gasteiger partial charge in [0.05, 0.1) is 10.4 Å². The van der Waals surface area contributed by atoms with Crippen LogP contribution in [0.1, 0.15) is 44.9 Å². The number of carbonyl (C=O) groups excluding carboxylic acids is 2. The van der Waals surface area contributed by atoms with Crippen molar-refractivity contribution in [3.8, 4) is 0 Å². The minimum absolute atomic E-state index is 0. The van der Waals surface area contributed by atoms with E-state index in [0.29, 0.717) is 21.4 Å². The van der Waals surface area contributed by atoms with Crippen LogP contribution in [0.4, 0.5) is 0 Å². The molecule has 0 radical (unpaired) electrons. The summed E-state index contributed by atoms with van der Waals surface area (Å²) < 4.78 is 0. The second kappa shape index (κ2) is 7.91. The van der Waals surface area contributed by atoms with Crippen molar-refractivity contribution in [1.82, 2.24) is 10.2 Å². The van der Waals surface area contributed by atoms with Crippen LogP contribution in [-0.4, -0.2) is 42.8 Å². The van der Waals surface area contributed by atoms with Crippen LogP contribution in [0, 0.1) is 5.41 Å². The molecule has 3 heterocycles. The van der Waals surface area contributed by atoms with E-state index in [1.54, 1.807) is 12.1 Å². The fourth-order valence-corrected chi connectivity index (χ4v) is 4.66. The molecule has 1 spiro atoms. The summed E-state index contributed by atoms with van der Waals surface area (Å²) in [7, 11) is 0. The Hall–Kier alpha value is -1.69. The van der Waals surface area contributed by atoms with E-state index >= 15 is 0 Å². The Morgan fingerprint density at radius 1 is 1.00 bits per heavy atom. The van der Waals surface area contributed by atoms with Gasteiger partial charge in [-0.2, -0.15) is 0 Å². The van der Waals surface area contributed by atoms with Crippen molar-refractivity contribution in [2.45, 2.75) is 19.3 Å². The highest BCUT2D eigenvalue weighted by Gasteiger charge is 2.38. The molecule has 2 aliphatic heterocycles. The lowest BCUT2D eigenvalue weighted by molar-refractivity contribution is 0.0605. The van der Waals surface area contributed by atoms with Crippen molar-refractivity contribution in [3.05, 3.63) is 57.8 Å². The molecule has 1 aromatic carbocycles. The maximum absolute atomic E-state index is 13.1. The van der Waals surface area contributed by atoms with Gasteiger partial charge in [-0.15, -0.1) is 23.7 Å². The summed E-state index contributed by atoms with van der Waals surface area (Å²) in [6.07, 6.45) is 3.31. The molecule has 2 aromatic rings. The van der Waals surface area contributed by atoms with E-state index in [2.05, 4.69) is 5.32 Å². The van der Waals surface area contributed by atoms with Crippen LogP contribution in [0.5, 0.6) is 0 Å². The number of nitrogens with zero attached hydrogens (tertiary/aromatic N) is 1. The van der Waals surface area contributed by atoms with E-state index in [9.17, 15) is 9.59 Å². The molecular formula is C20H23ClN2O2S. The van der Waals surface area contributed by atoms with Crippen molar-refractivity contribution in [2.24, 2.45) is 5.41 Å². The third kappa shape index (κ3) is 3.56. The summed E-state index contributed by atoms with van der Waals surface area (Å²) in [5.74, 6) is -0.0752. The molecule has 2 fully saturated rings. The SMILES string of the molecule is Cl.O=C(c1cccs1)c1ccccc1C(=O)N1CCC2(CCNC2)CC1. The van der Waals surface area contributed by atoms with Gasteiger partial charge in [0, 0.05) is 25.2 Å². The van der Waals surface area contributed by atoms with Crippen molar-refractivity contribution in [2.75, 3.05) is 26.2 Å². The van der Waals surface area contributed by atoms with E-state index in [1.807, 2.05) is 34.5 Å². The summed E-state index contributed by atoms with van der Waals surface area (Å²) in [5.41, 5.74) is 1.42. The van der Waals surface area contributed by atoms with Crippen LogP contribution in [0.15, 0.2) is 41.8 Å². The van der Waals surface area contributed by atoms with E-state index in [1.165, 1.54) is 17.8 Å². The van der Waals surface area contributed by atoms with Gasteiger partial charge in [-0.05, 0) is 48.7 Å². The Labute approximate surface area is 164 Å². The van der Waals surface area contributed by atoms with Gasteiger partial charge in [0.15, 0.2) is 0 Å². The average molecular weight is 391 g/mol. The highest BCUT2D eigenvalue weighted by atomic mass is 35.5. The molecule has 4 rings (SSSR count). The number of piperidine rings is 1. The van der Waals surface area contributed by atoms with Gasteiger partial charge in [0.1, 0.15) is 0 Å². The van der Waals surface area contributed by atoms with Gasteiger partial charge in [-0.1, -0.05) is 24.3 Å². The Balaban J connectivity index is 0.00000196. The lowest BCUT2D eigenvalue weighted by Gasteiger charge is -2.39. The largest absolute Gasteiger partial charge is 0.339 e. The van der Waals surface area contributed by atoms with Crippen LogP contribution >= 0.6 is 23.7 Å². The average Bonchev–Trinajstić information content (AvgIpc) is 3.34. The molecule has 138 valence electrons. The second-order valence-electron chi connectivity index (χ2n) is 7.07. The first-order valence-electron chi connectivity index (χ1n) is 8.86. The number of ketones is 1. The molecule has 1 N–H and O–H groups in total. The van der Waals surface area contributed by atoms with Crippen molar-refractivity contribution in [3.63, 3.8) is 0 Å². The van der Waals surface area contributed by atoms with Crippen LogP contribution in [0.2, 0.25) is 0 Å². The molecule has 1 aromatic heterocycles. The topological polar surface area (TPSA) is 49.4 Å². The van der Waals surface area contributed by atoms with Crippen LogP contribution < -0.4 is 5.32 Å².